The normalized spacial score (nSPS) is 13.4. The average molecular weight is 259 g/mol. The van der Waals surface area contributed by atoms with Gasteiger partial charge in [0.2, 0.25) is 0 Å². The molecule has 102 valence electrons. The predicted molar refractivity (Wildman–Crippen MR) is 68.8 cm³/mol. The van der Waals surface area contributed by atoms with Gasteiger partial charge in [-0.2, -0.15) is 13.2 Å². The van der Waals surface area contributed by atoms with E-state index in [1.165, 1.54) is 5.56 Å². The zero-order valence-corrected chi connectivity index (χ0v) is 10.8. The summed E-state index contributed by atoms with van der Waals surface area (Å²) in [6, 6.07) is 8.04. The molecule has 18 heavy (non-hydrogen) atoms. The number of hydrogen-bond donors (Lipinski definition) is 1. The molecule has 0 saturated heterocycles. The third-order valence-electron chi connectivity index (χ3n) is 2.85. The van der Waals surface area contributed by atoms with Crippen LogP contribution in [-0.4, -0.2) is 12.2 Å². The molecule has 0 heterocycles. The zero-order chi connectivity index (χ0) is 13.6. The predicted octanol–water partition coefficient (Wildman–Crippen LogP) is 4.78. The molecule has 0 aliphatic heterocycles. The third-order valence-corrected chi connectivity index (χ3v) is 2.85. The van der Waals surface area contributed by atoms with Crippen LogP contribution in [0.2, 0.25) is 0 Å². The lowest BCUT2D eigenvalue weighted by atomic mass is 10.1. The fraction of sp³-hybridized carbons (Fsp3) is 0.571. The molecule has 0 spiro atoms. The second-order valence-corrected chi connectivity index (χ2v) is 4.61. The van der Waals surface area contributed by atoms with Gasteiger partial charge in [-0.25, -0.2) is 0 Å². The van der Waals surface area contributed by atoms with Gasteiger partial charge >= 0.3 is 6.18 Å². The zero-order valence-electron chi connectivity index (χ0n) is 10.8. The van der Waals surface area contributed by atoms with Crippen molar-refractivity contribution in [2.75, 3.05) is 5.32 Å². The van der Waals surface area contributed by atoms with Crippen molar-refractivity contribution < 1.29 is 13.2 Å². The van der Waals surface area contributed by atoms with Gasteiger partial charge in [0.1, 0.15) is 0 Å². The molecule has 0 fully saturated rings. The molecule has 0 amide bonds. The SMILES string of the molecule is CCc1cccc(NC(C)CCCC(F)(F)F)c1. The first-order valence-corrected chi connectivity index (χ1v) is 6.33. The van der Waals surface area contributed by atoms with Gasteiger partial charge in [-0.1, -0.05) is 19.1 Å². The van der Waals surface area contributed by atoms with E-state index in [4.69, 9.17) is 0 Å². The van der Waals surface area contributed by atoms with Crippen molar-refractivity contribution in [1.29, 1.82) is 0 Å². The number of anilines is 1. The van der Waals surface area contributed by atoms with Crippen LogP contribution in [0.1, 0.15) is 38.7 Å². The molecule has 0 aromatic heterocycles. The van der Waals surface area contributed by atoms with E-state index in [0.717, 1.165) is 12.1 Å². The minimum atomic E-state index is -4.04. The van der Waals surface area contributed by atoms with E-state index in [1.807, 2.05) is 31.2 Å². The lowest BCUT2D eigenvalue weighted by Crippen LogP contribution is -2.16. The first-order valence-electron chi connectivity index (χ1n) is 6.33. The number of rotatable bonds is 6. The van der Waals surface area contributed by atoms with Crippen LogP contribution in [0.15, 0.2) is 24.3 Å². The third kappa shape index (κ3) is 5.94. The van der Waals surface area contributed by atoms with Crippen molar-refractivity contribution in [3.63, 3.8) is 0 Å². The highest BCUT2D eigenvalue weighted by Gasteiger charge is 2.26. The number of nitrogens with one attached hydrogen (secondary N) is 1. The van der Waals surface area contributed by atoms with E-state index >= 15 is 0 Å². The second-order valence-electron chi connectivity index (χ2n) is 4.61. The van der Waals surface area contributed by atoms with Gasteiger partial charge in [0.25, 0.3) is 0 Å². The number of benzene rings is 1. The van der Waals surface area contributed by atoms with Crippen LogP contribution in [0.25, 0.3) is 0 Å². The van der Waals surface area contributed by atoms with E-state index in [9.17, 15) is 13.2 Å². The highest BCUT2D eigenvalue weighted by Crippen LogP contribution is 2.23. The van der Waals surface area contributed by atoms with Crippen molar-refractivity contribution in [2.24, 2.45) is 0 Å². The number of halogens is 3. The Morgan fingerprint density at radius 3 is 2.61 bits per heavy atom. The molecule has 1 N–H and O–H groups in total. The lowest BCUT2D eigenvalue weighted by Gasteiger charge is -2.16. The summed E-state index contributed by atoms with van der Waals surface area (Å²) in [7, 11) is 0. The first-order chi connectivity index (χ1) is 8.40. The summed E-state index contributed by atoms with van der Waals surface area (Å²) in [6.45, 7) is 3.99. The van der Waals surface area contributed by atoms with E-state index in [2.05, 4.69) is 12.2 Å². The second kappa shape index (κ2) is 6.66. The summed E-state index contributed by atoms with van der Waals surface area (Å²) in [5, 5.41) is 3.24. The van der Waals surface area contributed by atoms with Crippen molar-refractivity contribution in [2.45, 2.75) is 51.7 Å². The van der Waals surface area contributed by atoms with Crippen molar-refractivity contribution in [3.8, 4) is 0 Å². The molecule has 0 aliphatic rings. The molecule has 0 saturated carbocycles. The van der Waals surface area contributed by atoms with E-state index in [0.29, 0.717) is 6.42 Å². The summed E-state index contributed by atoms with van der Waals surface area (Å²) in [6.07, 6.45) is -3.09. The van der Waals surface area contributed by atoms with Gasteiger partial charge in [0.05, 0.1) is 0 Å². The first kappa shape index (κ1) is 14.9. The quantitative estimate of drug-likeness (QED) is 0.775. The van der Waals surface area contributed by atoms with E-state index < -0.39 is 12.6 Å². The summed E-state index contributed by atoms with van der Waals surface area (Å²) >= 11 is 0. The Morgan fingerprint density at radius 2 is 2.00 bits per heavy atom. The largest absolute Gasteiger partial charge is 0.389 e. The molecule has 4 heteroatoms. The Bertz CT molecular complexity index is 360. The number of alkyl halides is 3. The van der Waals surface area contributed by atoms with Gasteiger partial charge in [-0.05, 0) is 43.9 Å². The smallest absolute Gasteiger partial charge is 0.383 e. The molecular weight excluding hydrogens is 239 g/mol. The number of hydrogen-bond acceptors (Lipinski definition) is 1. The standard InChI is InChI=1S/C14H20F3N/c1-3-12-7-4-8-13(10-12)18-11(2)6-5-9-14(15,16)17/h4,7-8,10-11,18H,3,5-6,9H2,1-2H3. The maximum absolute atomic E-state index is 12.0. The molecule has 0 aliphatic carbocycles. The number of aryl methyl sites for hydroxylation is 1. The van der Waals surface area contributed by atoms with E-state index in [1.54, 1.807) is 0 Å². The molecule has 1 atom stereocenters. The molecule has 1 aromatic carbocycles. The van der Waals surface area contributed by atoms with Crippen molar-refractivity contribution in [3.05, 3.63) is 29.8 Å². The van der Waals surface area contributed by atoms with Gasteiger partial charge in [-0.15, -0.1) is 0 Å². The minimum Gasteiger partial charge on any atom is -0.383 e. The van der Waals surface area contributed by atoms with Crippen LogP contribution in [0, 0.1) is 0 Å². The van der Waals surface area contributed by atoms with Crippen molar-refractivity contribution >= 4 is 5.69 Å². The maximum Gasteiger partial charge on any atom is 0.389 e. The van der Waals surface area contributed by atoms with Gasteiger partial charge < -0.3 is 5.32 Å². The highest BCUT2D eigenvalue weighted by molar-refractivity contribution is 5.46. The fourth-order valence-electron chi connectivity index (χ4n) is 1.85. The Morgan fingerprint density at radius 1 is 1.28 bits per heavy atom. The summed E-state index contributed by atoms with van der Waals surface area (Å²) < 4.78 is 36.0. The Labute approximate surface area is 106 Å². The lowest BCUT2D eigenvalue weighted by molar-refractivity contribution is -0.135. The molecule has 1 aromatic rings. The molecule has 1 nitrogen and oxygen atoms in total. The minimum absolute atomic E-state index is 0.0551. The molecule has 0 radical (unpaired) electrons. The fourth-order valence-corrected chi connectivity index (χ4v) is 1.85. The topological polar surface area (TPSA) is 12.0 Å². The van der Waals surface area contributed by atoms with Crippen LogP contribution >= 0.6 is 0 Å². The summed E-state index contributed by atoms with van der Waals surface area (Å²) in [5.41, 5.74) is 2.20. The Kier molecular flexibility index (Phi) is 5.51. The maximum atomic E-state index is 12.0. The summed E-state index contributed by atoms with van der Waals surface area (Å²) in [4.78, 5) is 0. The average Bonchev–Trinajstić information content (AvgIpc) is 2.27. The van der Waals surface area contributed by atoms with Gasteiger partial charge in [0.15, 0.2) is 0 Å². The van der Waals surface area contributed by atoms with Crippen LogP contribution in [0.5, 0.6) is 0 Å². The highest BCUT2D eigenvalue weighted by atomic mass is 19.4. The van der Waals surface area contributed by atoms with Gasteiger partial charge in [0, 0.05) is 18.2 Å². The van der Waals surface area contributed by atoms with Crippen LogP contribution in [0.4, 0.5) is 18.9 Å². The van der Waals surface area contributed by atoms with Crippen LogP contribution < -0.4 is 5.32 Å². The van der Waals surface area contributed by atoms with Crippen LogP contribution in [0.3, 0.4) is 0 Å². The summed E-state index contributed by atoms with van der Waals surface area (Å²) in [5.74, 6) is 0. The monoisotopic (exact) mass is 259 g/mol. The van der Waals surface area contributed by atoms with E-state index in [-0.39, 0.29) is 12.5 Å². The molecule has 1 unspecified atom stereocenters. The molecular formula is C14H20F3N. The van der Waals surface area contributed by atoms with Gasteiger partial charge in [-0.3, -0.25) is 0 Å². The Hall–Kier alpha value is -1.19. The van der Waals surface area contributed by atoms with Crippen molar-refractivity contribution in [1.82, 2.24) is 0 Å². The molecule has 0 bridgehead atoms. The molecule has 1 rings (SSSR count). The Balaban J connectivity index is 2.37. The van der Waals surface area contributed by atoms with Crippen LogP contribution in [-0.2, 0) is 6.42 Å².